The average molecular weight is 415 g/mol. The predicted molar refractivity (Wildman–Crippen MR) is 112 cm³/mol. The number of anilines is 1. The van der Waals surface area contributed by atoms with Gasteiger partial charge in [-0.05, 0) is 37.1 Å². The van der Waals surface area contributed by atoms with Crippen molar-refractivity contribution >= 4 is 39.9 Å². The highest BCUT2D eigenvalue weighted by Crippen LogP contribution is 2.25. The van der Waals surface area contributed by atoms with Crippen molar-refractivity contribution in [2.45, 2.75) is 26.4 Å². The molecule has 0 spiro atoms. The lowest BCUT2D eigenvalue weighted by Crippen LogP contribution is -2.29. The normalized spacial score (nSPS) is 11.7. The van der Waals surface area contributed by atoms with E-state index in [2.05, 4.69) is 29.4 Å². The van der Waals surface area contributed by atoms with Crippen LogP contribution in [-0.2, 0) is 16.0 Å². The van der Waals surface area contributed by atoms with E-state index in [1.807, 2.05) is 17.5 Å². The molecule has 3 aromatic rings. The Hall–Kier alpha value is -2.70. The average Bonchev–Trinajstić information content (AvgIpc) is 3.16. The number of ether oxygens (including phenoxy) is 1. The number of nitrogens with one attached hydrogen (secondary N) is 1. The highest BCUT2D eigenvalue weighted by molar-refractivity contribution is 7.14. The molecule has 3 rings (SSSR count). The zero-order valence-corrected chi connectivity index (χ0v) is 17.0. The molecule has 0 radical (unpaired) electrons. The Kier molecular flexibility index (Phi) is 6.44. The number of benzene rings is 2. The maximum absolute atomic E-state index is 12.3. The van der Waals surface area contributed by atoms with Crippen molar-refractivity contribution in [3.63, 3.8) is 0 Å². The lowest BCUT2D eigenvalue weighted by atomic mass is 10.1. The number of rotatable bonds is 6. The van der Waals surface area contributed by atoms with Gasteiger partial charge >= 0.3 is 5.97 Å². The lowest BCUT2D eigenvalue weighted by molar-refractivity contribution is -0.123. The maximum Gasteiger partial charge on any atom is 0.338 e. The fourth-order valence-corrected chi connectivity index (χ4v) is 3.39. The first-order valence-corrected chi connectivity index (χ1v) is 10.0. The smallest absolute Gasteiger partial charge is 0.338 e. The minimum atomic E-state index is -0.970. The Morgan fingerprint density at radius 3 is 2.64 bits per heavy atom. The highest BCUT2D eigenvalue weighted by Gasteiger charge is 2.20. The first-order valence-electron chi connectivity index (χ1n) is 8.78. The largest absolute Gasteiger partial charge is 0.449 e. The molecule has 0 aliphatic rings. The van der Waals surface area contributed by atoms with Crippen LogP contribution in [0.2, 0.25) is 5.02 Å². The first-order chi connectivity index (χ1) is 13.5. The maximum atomic E-state index is 12.3. The Morgan fingerprint density at radius 1 is 1.21 bits per heavy atom. The van der Waals surface area contributed by atoms with Gasteiger partial charge in [-0.3, -0.25) is 10.1 Å². The van der Waals surface area contributed by atoms with Crippen LogP contribution in [0.4, 0.5) is 5.13 Å². The van der Waals surface area contributed by atoms with Gasteiger partial charge in [0.05, 0.1) is 11.3 Å². The van der Waals surface area contributed by atoms with Gasteiger partial charge in [0.15, 0.2) is 11.2 Å². The summed E-state index contributed by atoms with van der Waals surface area (Å²) in [6.45, 7) is 3.61. The van der Waals surface area contributed by atoms with Crippen molar-refractivity contribution in [2.75, 3.05) is 5.32 Å². The van der Waals surface area contributed by atoms with Gasteiger partial charge in [-0.25, -0.2) is 9.78 Å². The van der Waals surface area contributed by atoms with Crippen molar-refractivity contribution < 1.29 is 14.3 Å². The molecule has 2 aromatic carbocycles. The molecule has 1 heterocycles. The number of nitrogens with zero attached hydrogens (tertiary/aromatic N) is 1. The molecular formula is C21H19ClN2O3S. The minimum Gasteiger partial charge on any atom is -0.449 e. The Balaban J connectivity index is 1.61. The van der Waals surface area contributed by atoms with Crippen molar-refractivity contribution in [1.29, 1.82) is 0 Å². The molecule has 1 N–H and O–H groups in total. The van der Waals surface area contributed by atoms with E-state index < -0.39 is 18.0 Å². The zero-order valence-electron chi connectivity index (χ0n) is 15.4. The van der Waals surface area contributed by atoms with E-state index in [0.717, 1.165) is 17.7 Å². The number of thiazole rings is 1. The monoisotopic (exact) mass is 414 g/mol. The van der Waals surface area contributed by atoms with E-state index in [1.54, 1.807) is 18.2 Å². The summed E-state index contributed by atoms with van der Waals surface area (Å²) in [5, 5.41) is 5.44. The van der Waals surface area contributed by atoms with Crippen LogP contribution < -0.4 is 5.32 Å². The zero-order chi connectivity index (χ0) is 20.1. The molecule has 0 aliphatic carbocycles. The Morgan fingerprint density at radius 2 is 1.96 bits per heavy atom. The number of aromatic nitrogens is 1. The van der Waals surface area contributed by atoms with Crippen LogP contribution in [0, 0.1) is 0 Å². The van der Waals surface area contributed by atoms with Crippen LogP contribution in [0.3, 0.4) is 0 Å². The van der Waals surface area contributed by atoms with E-state index in [9.17, 15) is 9.59 Å². The fourth-order valence-electron chi connectivity index (χ4n) is 2.48. The third-order valence-electron chi connectivity index (χ3n) is 4.11. The number of hydrogen-bond acceptors (Lipinski definition) is 5. The molecule has 0 unspecified atom stereocenters. The molecule has 1 amide bonds. The number of amides is 1. The van der Waals surface area contributed by atoms with E-state index in [0.29, 0.717) is 15.7 Å². The van der Waals surface area contributed by atoms with Crippen molar-refractivity contribution in [3.8, 4) is 11.3 Å². The second-order valence-corrected chi connectivity index (χ2v) is 7.43. The summed E-state index contributed by atoms with van der Waals surface area (Å²) in [4.78, 5) is 28.9. The summed E-state index contributed by atoms with van der Waals surface area (Å²) in [6.07, 6.45) is 0.00688. The van der Waals surface area contributed by atoms with Crippen LogP contribution in [0.1, 0.15) is 29.8 Å². The summed E-state index contributed by atoms with van der Waals surface area (Å²) in [5.74, 6) is -1.06. The van der Waals surface area contributed by atoms with Gasteiger partial charge in [-0.2, -0.15) is 0 Å². The molecule has 1 aromatic heterocycles. The molecule has 1 atom stereocenters. The van der Waals surface area contributed by atoms with Gasteiger partial charge in [-0.15, -0.1) is 11.3 Å². The summed E-state index contributed by atoms with van der Waals surface area (Å²) in [5.41, 5.74) is 3.31. The summed E-state index contributed by atoms with van der Waals surface area (Å²) < 4.78 is 5.21. The molecule has 0 bridgehead atoms. The SMILES string of the molecule is CCc1ccc(-c2csc(NC(=O)[C@H](C)OC(=O)c3cccc(Cl)c3)n2)cc1. The molecule has 0 saturated heterocycles. The number of hydrogen-bond donors (Lipinski definition) is 1. The molecular weight excluding hydrogens is 396 g/mol. The van der Waals surface area contributed by atoms with E-state index in [-0.39, 0.29) is 0 Å². The highest BCUT2D eigenvalue weighted by atomic mass is 35.5. The van der Waals surface area contributed by atoms with Crippen molar-refractivity contribution in [2.24, 2.45) is 0 Å². The Bertz CT molecular complexity index is 985. The number of esters is 1. The van der Waals surface area contributed by atoms with E-state index in [4.69, 9.17) is 16.3 Å². The molecule has 144 valence electrons. The summed E-state index contributed by atoms with van der Waals surface area (Å²) >= 11 is 7.19. The van der Waals surface area contributed by atoms with Gasteiger partial charge in [0, 0.05) is 16.0 Å². The van der Waals surface area contributed by atoms with Gasteiger partial charge in [0.1, 0.15) is 0 Å². The minimum absolute atomic E-state index is 0.291. The fraction of sp³-hybridized carbons (Fsp3) is 0.190. The second kappa shape index (κ2) is 8.99. The standard InChI is InChI=1S/C21H19ClN2O3S/c1-3-14-7-9-15(10-8-14)18-12-28-21(23-18)24-19(25)13(2)27-20(26)16-5-4-6-17(22)11-16/h4-13H,3H2,1-2H3,(H,23,24,25)/t13-/m0/s1. The third-order valence-corrected chi connectivity index (χ3v) is 5.10. The van der Waals surface area contributed by atoms with Gasteiger partial charge in [-0.1, -0.05) is 48.9 Å². The van der Waals surface area contributed by atoms with Crippen molar-refractivity contribution in [3.05, 3.63) is 70.1 Å². The van der Waals surface area contributed by atoms with Crippen LogP contribution in [0.25, 0.3) is 11.3 Å². The number of carbonyl (C=O) groups is 2. The van der Waals surface area contributed by atoms with Gasteiger partial charge in [0.25, 0.3) is 5.91 Å². The van der Waals surface area contributed by atoms with E-state index in [1.165, 1.54) is 29.9 Å². The molecule has 0 fully saturated rings. The van der Waals surface area contributed by atoms with Crippen LogP contribution in [0.15, 0.2) is 53.9 Å². The molecule has 7 heteroatoms. The molecule has 28 heavy (non-hydrogen) atoms. The topological polar surface area (TPSA) is 68.3 Å². The summed E-state index contributed by atoms with van der Waals surface area (Å²) in [7, 11) is 0. The quantitative estimate of drug-likeness (QED) is 0.562. The van der Waals surface area contributed by atoms with Crippen molar-refractivity contribution in [1.82, 2.24) is 4.98 Å². The van der Waals surface area contributed by atoms with Crippen LogP contribution in [0.5, 0.6) is 0 Å². The van der Waals surface area contributed by atoms with Gasteiger partial charge in [0.2, 0.25) is 0 Å². The number of halogens is 1. The second-order valence-electron chi connectivity index (χ2n) is 6.14. The van der Waals surface area contributed by atoms with Crippen LogP contribution >= 0.6 is 22.9 Å². The number of carbonyl (C=O) groups excluding carboxylic acids is 2. The lowest BCUT2D eigenvalue weighted by Gasteiger charge is -2.12. The van der Waals surface area contributed by atoms with E-state index >= 15 is 0 Å². The number of aryl methyl sites for hydroxylation is 1. The molecule has 0 saturated carbocycles. The molecule has 5 nitrogen and oxygen atoms in total. The first kappa shape index (κ1) is 20.0. The van der Waals surface area contributed by atoms with Crippen LogP contribution in [-0.4, -0.2) is 23.0 Å². The third kappa shape index (κ3) is 4.97. The predicted octanol–water partition coefficient (Wildman–Crippen LogP) is 5.21. The van der Waals surface area contributed by atoms with Gasteiger partial charge < -0.3 is 4.74 Å². The Labute approximate surface area is 172 Å². The summed E-state index contributed by atoms with van der Waals surface area (Å²) in [6, 6.07) is 14.5. The molecule has 0 aliphatic heterocycles.